The quantitative estimate of drug-likeness (QED) is 0.774. The second kappa shape index (κ2) is 6.22. The van der Waals surface area contributed by atoms with Gasteiger partial charge in [-0.2, -0.15) is 0 Å². The van der Waals surface area contributed by atoms with Gasteiger partial charge in [-0.05, 0) is 48.3 Å². The number of hydrogen-bond donors (Lipinski definition) is 1. The highest BCUT2D eigenvalue weighted by atomic mass is 16.3. The van der Waals surface area contributed by atoms with Crippen molar-refractivity contribution in [3.8, 4) is 0 Å². The molecular weight excluding hydrogens is 208 g/mol. The van der Waals surface area contributed by atoms with Gasteiger partial charge in [-0.25, -0.2) is 0 Å². The molecule has 0 spiro atoms. The molecule has 0 aliphatic heterocycles. The van der Waals surface area contributed by atoms with Crippen LogP contribution in [0.15, 0.2) is 0 Å². The van der Waals surface area contributed by atoms with Crippen molar-refractivity contribution >= 4 is 0 Å². The zero-order valence-corrected chi connectivity index (χ0v) is 12.6. The highest BCUT2D eigenvalue weighted by Gasteiger charge is 2.40. The summed E-state index contributed by atoms with van der Waals surface area (Å²) in [5.74, 6) is 3.87. The van der Waals surface area contributed by atoms with Crippen molar-refractivity contribution in [2.75, 3.05) is 0 Å². The van der Waals surface area contributed by atoms with Gasteiger partial charge in [-0.1, -0.05) is 48.0 Å². The Labute approximate surface area is 108 Å². The average Bonchev–Trinajstić information content (AvgIpc) is 2.27. The van der Waals surface area contributed by atoms with Crippen molar-refractivity contribution in [3.05, 3.63) is 0 Å². The fourth-order valence-electron chi connectivity index (χ4n) is 3.47. The molecule has 1 heteroatoms. The second-order valence-electron chi connectivity index (χ2n) is 6.92. The van der Waals surface area contributed by atoms with E-state index in [1.807, 2.05) is 0 Å². The molecule has 5 atom stereocenters. The lowest BCUT2D eigenvalue weighted by molar-refractivity contribution is -0.0507. The summed E-state index contributed by atoms with van der Waals surface area (Å²) < 4.78 is 0. The molecule has 0 heterocycles. The van der Waals surface area contributed by atoms with E-state index >= 15 is 0 Å². The highest BCUT2D eigenvalue weighted by Crippen LogP contribution is 2.43. The van der Waals surface area contributed by atoms with E-state index in [1.165, 1.54) is 19.3 Å². The summed E-state index contributed by atoms with van der Waals surface area (Å²) in [5, 5.41) is 10.6. The lowest BCUT2D eigenvalue weighted by atomic mass is 9.63. The molecule has 0 bridgehead atoms. The van der Waals surface area contributed by atoms with E-state index in [2.05, 4.69) is 41.5 Å². The minimum Gasteiger partial charge on any atom is -0.393 e. The van der Waals surface area contributed by atoms with Crippen LogP contribution in [-0.2, 0) is 0 Å². The van der Waals surface area contributed by atoms with Crippen LogP contribution in [0, 0.1) is 35.5 Å². The molecule has 0 amide bonds. The molecule has 1 N–H and O–H groups in total. The third-order valence-corrected chi connectivity index (χ3v) is 5.20. The summed E-state index contributed by atoms with van der Waals surface area (Å²) in [6.45, 7) is 13.8. The first-order chi connectivity index (χ1) is 7.88. The Balaban J connectivity index is 2.82. The van der Waals surface area contributed by atoms with Crippen LogP contribution in [0.5, 0.6) is 0 Å². The molecule has 1 aliphatic rings. The third-order valence-electron chi connectivity index (χ3n) is 5.20. The van der Waals surface area contributed by atoms with E-state index in [0.29, 0.717) is 23.7 Å². The summed E-state index contributed by atoms with van der Waals surface area (Å²) in [4.78, 5) is 0. The number of aliphatic hydroxyl groups excluding tert-OH is 1. The molecule has 1 saturated carbocycles. The van der Waals surface area contributed by atoms with Crippen LogP contribution < -0.4 is 0 Å². The predicted octanol–water partition coefficient (Wildman–Crippen LogP) is 4.35. The van der Waals surface area contributed by atoms with E-state index in [0.717, 1.165) is 11.8 Å². The summed E-state index contributed by atoms with van der Waals surface area (Å²) in [6.07, 6.45) is 3.58. The number of aliphatic hydroxyl groups is 1. The van der Waals surface area contributed by atoms with Gasteiger partial charge < -0.3 is 5.11 Å². The van der Waals surface area contributed by atoms with Gasteiger partial charge in [0.25, 0.3) is 0 Å². The molecule has 0 aromatic rings. The monoisotopic (exact) mass is 240 g/mol. The molecule has 17 heavy (non-hydrogen) atoms. The SMILES string of the molecule is CCC(C)C1CC(C(C)C)CC(C(C)C)C1O. The van der Waals surface area contributed by atoms with Crippen molar-refractivity contribution in [1.82, 2.24) is 0 Å². The van der Waals surface area contributed by atoms with Gasteiger partial charge in [-0.3, -0.25) is 0 Å². The predicted molar refractivity (Wildman–Crippen MR) is 74.8 cm³/mol. The van der Waals surface area contributed by atoms with Gasteiger partial charge in [0, 0.05) is 0 Å². The van der Waals surface area contributed by atoms with Gasteiger partial charge >= 0.3 is 0 Å². The average molecular weight is 240 g/mol. The Morgan fingerprint density at radius 1 is 0.941 bits per heavy atom. The normalized spacial score (nSPS) is 36.5. The Bertz CT molecular complexity index is 222. The van der Waals surface area contributed by atoms with Crippen molar-refractivity contribution in [3.63, 3.8) is 0 Å². The van der Waals surface area contributed by atoms with Gasteiger partial charge in [-0.15, -0.1) is 0 Å². The molecule has 5 unspecified atom stereocenters. The summed E-state index contributed by atoms with van der Waals surface area (Å²) >= 11 is 0. The molecule has 0 aromatic heterocycles. The van der Waals surface area contributed by atoms with Crippen LogP contribution >= 0.6 is 0 Å². The van der Waals surface area contributed by atoms with Crippen LogP contribution in [0.3, 0.4) is 0 Å². The largest absolute Gasteiger partial charge is 0.393 e. The third kappa shape index (κ3) is 3.47. The first-order valence-electron chi connectivity index (χ1n) is 7.56. The first-order valence-corrected chi connectivity index (χ1v) is 7.56. The van der Waals surface area contributed by atoms with Crippen LogP contribution in [0.1, 0.15) is 60.8 Å². The molecular formula is C16H32O. The first kappa shape index (κ1) is 15.0. The van der Waals surface area contributed by atoms with Crippen LogP contribution in [-0.4, -0.2) is 11.2 Å². The highest BCUT2D eigenvalue weighted by molar-refractivity contribution is 4.90. The minimum absolute atomic E-state index is 0.0695. The van der Waals surface area contributed by atoms with Crippen molar-refractivity contribution in [2.24, 2.45) is 35.5 Å². The fraction of sp³-hybridized carbons (Fsp3) is 1.00. The molecule has 0 aromatic carbocycles. The molecule has 1 rings (SSSR count). The number of hydrogen-bond acceptors (Lipinski definition) is 1. The lowest BCUT2D eigenvalue weighted by Crippen LogP contribution is -2.43. The molecule has 1 fully saturated rings. The summed E-state index contributed by atoms with van der Waals surface area (Å²) in [6, 6.07) is 0. The number of rotatable bonds is 4. The molecule has 102 valence electrons. The van der Waals surface area contributed by atoms with E-state index in [-0.39, 0.29) is 6.10 Å². The topological polar surface area (TPSA) is 20.2 Å². The molecule has 0 radical (unpaired) electrons. The van der Waals surface area contributed by atoms with E-state index in [9.17, 15) is 5.11 Å². The Hall–Kier alpha value is -0.0400. The van der Waals surface area contributed by atoms with Crippen molar-refractivity contribution < 1.29 is 5.11 Å². The standard InChI is InChI=1S/C16H32O/c1-7-12(6)15-9-13(10(2)3)8-14(11(4)5)16(15)17/h10-17H,7-9H2,1-6H3. The molecule has 1 nitrogen and oxygen atoms in total. The maximum atomic E-state index is 10.6. The second-order valence-corrected chi connectivity index (χ2v) is 6.92. The summed E-state index contributed by atoms with van der Waals surface area (Å²) in [5.41, 5.74) is 0. The fourth-order valence-corrected chi connectivity index (χ4v) is 3.47. The Morgan fingerprint density at radius 2 is 1.47 bits per heavy atom. The van der Waals surface area contributed by atoms with Crippen molar-refractivity contribution in [2.45, 2.75) is 66.9 Å². The zero-order chi connectivity index (χ0) is 13.2. The lowest BCUT2D eigenvalue weighted by Gasteiger charge is -2.45. The van der Waals surface area contributed by atoms with E-state index in [4.69, 9.17) is 0 Å². The van der Waals surface area contributed by atoms with Crippen LogP contribution in [0.2, 0.25) is 0 Å². The van der Waals surface area contributed by atoms with E-state index < -0.39 is 0 Å². The molecule has 0 saturated heterocycles. The Morgan fingerprint density at radius 3 is 1.88 bits per heavy atom. The van der Waals surface area contributed by atoms with Gasteiger partial charge in [0.1, 0.15) is 0 Å². The Kier molecular flexibility index (Phi) is 5.50. The summed E-state index contributed by atoms with van der Waals surface area (Å²) in [7, 11) is 0. The van der Waals surface area contributed by atoms with Gasteiger partial charge in [0.15, 0.2) is 0 Å². The van der Waals surface area contributed by atoms with Crippen molar-refractivity contribution in [1.29, 1.82) is 0 Å². The smallest absolute Gasteiger partial charge is 0.0601 e. The van der Waals surface area contributed by atoms with E-state index in [1.54, 1.807) is 0 Å². The van der Waals surface area contributed by atoms with Gasteiger partial charge in [0.2, 0.25) is 0 Å². The van der Waals surface area contributed by atoms with Crippen LogP contribution in [0.25, 0.3) is 0 Å². The molecule has 1 aliphatic carbocycles. The maximum Gasteiger partial charge on any atom is 0.0601 e. The minimum atomic E-state index is -0.0695. The zero-order valence-electron chi connectivity index (χ0n) is 12.6. The van der Waals surface area contributed by atoms with Crippen LogP contribution in [0.4, 0.5) is 0 Å². The van der Waals surface area contributed by atoms with Gasteiger partial charge in [0.05, 0.1) is 6.10 Å². The maximum absolute atomic E-state index is 10.6.